The minimum Gasteiger partial charge on any atom is -0.465 e. The van der Waals surface area contributed by atoms with Crippen LogP contribution in [0.4, 0.5) is 9.93 Å². The van der Waals surface area contributed by atoms with Gasteiger partial charge in [-0.05, 0) is 32.0 Å². The van der Waals surface area contributed by atoms with E-state index in [4.69, 9.17) is 0 Å². The van der Waals surface area contributed by atoms with Crippen molar-refractivity contribution >= 4 is 34.4 Å². The van der Waals surface area contributed by atoms with Crippen LogP contribution in [0.2, 0.25) is 0 Å². The Morgan fingerprint density at radius 3 is 2.48 bits per heavy atom. The van der Waals surface area contributed by atoms with Gasteiger partial charge in [-0.15, -0.1) is 11.3 Å². The highest BCUT2D eigenvalue weighted by molar-refractivity contribution is 7.14. The number of nitrogens with zero attached hydrogens (tertiary/aromatic N) is 4. The molecule has 164 valence electrons. The number of hydrogen-bond donors (Lipinski definition) is 2. The van der Waals surface area contributed by atoms with Crippen molar-refractivity contribution in [2.75, 3.05) is 45.1 Å². The van der Waals surface area contributed by atoms with Gasteiger partial charge in [0.1, 0.15) is 6.04 Å². The van der Waals surface area contributed by atoms with E-state index in [0.29, 0.717) is 35.8 Å². The number of likely N-dealkylation sites (tertiary alicyclic amines) is 1. The zero-order chi connectivity index (χ0) is 22.0. The molecule has 0 spiro atoms. The SMILES string of the molecule is CN1CCN(C(=O)c2ccc(-c3csc(NC(=O)C4CCCN4C(=O)O)n3)cc2)CC1. The highest BCUT2D eigenvalue weighted by Crippen LogP contribution is 2.27. The third-order valence-electron chi connectivity index (χ3n) is 5.75. The first-order valence-corrected chi connectivity index (χ1v) is 11.1. The summed E-state index contributed by atoms with van der Waals surface area (Å²) < 4.78 is 0. The summed E-state index contributed by atoms with van der Waals surface area (Å²) in [4.78, 5) is 46.1. The van der Waals surface area contributed by atoms with Crippen LogP contribution in [0, 0.1) is 0 Å². The van der Waals surface area contributed by atoms with E-state index in [9.17, 15) is 19.5 Å². The number of anilines is 1. The summed E-state index contributed by atoms with van der Waals surface area (Å²) in [6.45, 7) is 3.58. The van der Waals surface area contributed by atoms with Crippen molar-refractivity contribution in [2.24, 2.45) is 0 Å². The number of aromatic nitrogens is 1. The zero-order valence-corrected chi connectivity index (χ0v) is 18.1. The second-order valence-corrected chi connectivity index (χ2v) is 8.69. The summed E-state index contributed by atoms with van der Waals surface area (Å²) >= 11 is 1.29. The molecule has 2 N–H and O–H groups in total. The number of likely N-dealkylation sites (N-methyl/N-ethyl adjacent to an activating group) is 1. The number of rotatable bonds is 4. The Morgan fingerprint density at radius 2 is 1.81 bits per heavy atom. The number of amides is 3. The first kappa shape index (κ1) is 21.3. The second kappa shape index (κ2) is 9.03. The molecule has 4 rings (SSSR count). The summed E-state index contributed by atoms with van der Waals surface area (Å²) in [7, 11) is 2.05. The van der Waals surface area contributed by atoms with Gasteiger partial charge < -0.3 is 20.2 Å². The predicted octanol–water partition coefficient (Wildman–Crippen LogP) is 2.28. The fourth-order valence-corrected chi connectivity index (χ4v) is 4.62. The molecule has 2 aromatic rings. The summed E-state index contributed by atoms with van der Waals surface area (Å²) in [5.41, 5.74) is 2.19. The molecular weight excluding hydrogens is 418 g/mol. The molecule has 2 fully saturated rings. The van der Waals surface area contributed by atoms with Crippen LogP contribution < -0.4 is 5.32 Å². The molecule has 0 bridgehead atoms. The van der Waals surface area contributed by atoms with Gasteiger partial charge in [0, 0.05) is 49.2 Å². The quantitative estimate of drug-likeness (QED) is 0.751. The Balaban J connectivity index is 1.39. The van der Waals surface area contributed by atoms with Crippen molar-refractivity contribution in [2.45, 2.75) is 18.9 Å². The van der Waals surface area contributed by atoms with Gasteiger partial charge in [-0.3, -0.25) is 14.5 Å². The Hall–Kier alpha value is -2.98. The van der Waals surface area contributed by atoms with Gasteiger partial charge in [-0.1, -0.05) is 12.1 Å². The number of carbonyl (C=O) groups is 3. The Labute approximate surface area is 184 Å². The van der Waals surface area contributed by atoms with Crippen LogP contribution in [0.25, 0.3) is 11.3 Å². The topological polar surface area (TPSA) is 106 Å². The average molecular weight is 444 g/mol. The van der Waals surface area contributed by atoms with Crippen molar-refractivity contribution in [1.29, 1.82) is 0 Å². The van der Waals surface area contributed by atoms with Gasteiger partial charge in [0.25, 0.3) is 5.91 Å². The smallest absolute Gasteiger partial charge is 0.407 e. The van der Waals surface area contributed by atoms with Crippen LogP contribution in [0.3, 0.4) is 0 Å². The minimum atomic E-state index is -1.08. The fraction of sp³-hybridized carbons (Fsp3) is 0.429. The first-order valence-electron chi connectivity index (χ1n) is 10.3. The molecule has 9 nitrogen and oxygen atoms in total. The Morgan fingerprint density at radius 1 is 1.10 bits per heavy atom. The number of nitrogens with one attached hydrogen (secondary N) is 1. The van der Waals surface area contributed by atoms with Crippen LogP contribution >= 0.6 is 11.3 Å². The number of piperazine rings is 1. The number of benzene rings is 1. The molecule has 2 saturated heterocycles. The minimum absolute atomic E-state index is 0.0328. The largest absolute Gasteiger partial charge is 0.465 e. The summed E-state index contributed by atoms with van der Waals surface area (Å²) in [5, 5.41) is 14.2. The van der Waals surface area contributed by atoms with E-state index in [1.54, 1.807) is 12.1 Å². The van der Waals surface area contributed by atoms with Crippen LogP contribution in [-0.2, 0) is 4.79 Å². The van der Waals surface area contributed by atoms with Gasteiger partial charge in [-0.25, -0.2) is 9.78 Å². The van der Waals surface area contributed by atoms with Crippen molar-refractivity contribution in [3.8, 4) is 11.3 Å². The maximum atomic E-state index is 12.7. The van der Waals surface area contributed by atoms with E-state index in [2.05, 4.69) is 22.2 Å². The number of carboxylic acid groups (broad SMARTS) is 1. The molecule has 0 aliphatic carbocycles. The molecule has 31 heavy (non-hydrogen) atoms. The van der Waals surface area contributed by atoms with Gasteiger partial charge in [-0.2, -0.15) is 0 Å². The van der Waals surface area contributed by atoms with Crippen molar-refractivity contribution in [3.63, 3.8) is 0 Å². The summed E-state index contributed by atoms with van der Waals surface area (Å²) in [6, 6.07) is 6.64. The van der Waals surface area contributed by atoms with Crippen molar-refractivity contribution < 1.29 is 19.5 Å². The third-order valence-corrected chi connectivity index (χ3v) is 6.51. The van der Waals surface area contributed by atoms with Crippen molar-refractivity contribution in [1.82, 2.24) is 19.7 Å². The number of hydrogen-bond acceptors (Lipinski definition) is 6. The standard InChI is InChI=1S/C21H25N5O4S/c1-24-9-11-25(12-10-24)19(28)15-6-4-14(5-7-15)16-13-31-20(22-16)23-18(27)17-3-2-8-26(17)21(29)30/h4-7,13,17H,2-3,8-12H2,1H3,(H,29,30)(H,22,23,27). The maximum Gasteiger partial charge on any atom is 0.407 e. The lowest BCUT2D eigenvalue weighted by Gasteiger charge is -2.32. The lowest BCUT2D eigenvalue weighted by atomic mass is 10.1. The van der Waals surface area contributed by atoms with E-state index >= 15 is 0 Å². The van der Waals surface area contributed by atoms with Gasteiger partial charge in [0.15, 0.2) is 5.13 Å². The molecule has 1 unspecified atom stereocenters. The molecule has 1 aromatic heterocycles. The highest BCUT2D eigenvalue weighted by Gasteiger charge is 2.34. The lowest BCUT2D eigenvalue weighted by molar-refractivity contribution is -0.119. The summed E-state index contributed by atoms with van der Waals surface area (Å²) in [5.74, 6) is -0.320. The van der Waals surface area contributed by atoms with Crippen LogP contribution in [0.15, 0.2) is 29.6 Å². The van der Waals surface area contributed by atoms with Crippen LogP contribution in [-0.4, -0.2) is 88.5 Å². The molecule has 0 saturated carbocycles. The molecule has 0 radical (unpaired) electrons. The molecule has 10 heteroatoms. The van der Waals surface area contributed by atoms with Crippen LogP contribution in [0.5, 0.6) is 0 Å². The Kier molecular flexibility index (Phi) is 6.19. The normalized spacial score (nSPS) is 19.5. The maximum absolute atomic E-state index is 12.7. The van der Waals surface area contributed by atoms with E-state index in [-0.39, 0.29) is 11.8 Å². The number of carbonyl (C=O) groups excluding carboxylic acids is 2. The molecule has 3 heterocycles. The zero-order valence-electron chi connectivity index (χ0n) is 17.3. The van der Waals surface area contributed by atoms with E-state index in [1.807, 2.05) is 22.4 Å². The Bertz CT molecular complexity index is 968. The fourth-order valence-electron chi connectivity index (χ4n) is 3.90. The molecule has 3 amide bonds. The highest BCUT2D eigenvalue weighted by atomic mass is 32.1. The molecule has 1 atom stereocenters. The molecule has 1 aromatic carbocycles. The first-order chi connectivity index (χ1) is 14.9. The van der Waals surface area contributed by atoms with E-state index in [1.165, 1.54) is 16.2 Å². The van der Waals surface area contributed by atoms with Crippen LogP contribution in [0.1, 0.15) is 23.2 Å². The average Bonchev–Trinajstić information content (AvgIpc) is 3.44. The molecular formula is C21H25N5O4S. The second-order valence-electron chi connectivity index (χ2n) is 7.83. The molecule has 2 aliphatic rings. The van der Waals surface area contributed by atoms with Crippen molar-refractivity contribution in [3.05, 3.63) is 35.2 Å². The van der Waals surface area contributed by atoms with E-state index < -0.39 is 12.1 Å². The van der Waals surface area contributed by atoms with E-state index in [0.717, 1.165) is 31.7 Å². The number of thiazole rings is 1. The summed E-state index contributed by atoms with van der Waals surface area (Å²) in [6.07, 6.45) is 0.106. The van der Waals surface area contributed by atoms with Gasteiger partial charge in [0.2, 0.25) is 5.91 Å². The predicted molar refractivity (Wildman–Crippen MR) is 117 cm³/mol. The lowest BCUT2D eigenvalue weighted by Crippen LogP contribution is -2.47. The van der Waals surface area contributed by atoms with Gasteiger partial charge >= 0.3 is 6.09 Å². The molecule has 2 aliphatic heterocycles. The van der Waals surface area contributed by atoms with Gasteiger partial charge in [0.05, 0.1) is 5.69 Å². The monoisotopic (exact) mass is 443 g/mol. The third kappa shape index (κ3) is 4.70.